The van der Waals surface area contributed by atoms with Gasteiger partial charge in [-0.15, -0.1) is 0 Å². The summed E-state index contributed by atoms with van der Waals surface area (Å²) in [5, 5.41) is 18.1. The third kappa shape index (κ3) is 3.85. The molecule has 2 saturated carbocycles. The van der Waals surface area contributed by atoms with Crippen LogP contribution in [0.4, 0.5) is 0 Å². The van der Waals surface area contributed by atoms with E-state index in [1.165, 1.54) is 11.1 Å². The fourth-order valence-corrected chi connectivity index (χ4v) is 6.17. The molecule has 3 amide bonds. The minimum absolute atomic E-state index is 0.0386. The normalized spacial score (nSPS) is 30.2. The number of aliphatic hydroxyl groups is 1. The Labute approximate surface area is 198 Å². The van der Waals surface area contributed by atoms with E-state index in [9.17, 15) is 19.5 Å². The standard InChI is InChI=1S/C25H33N5O4/c1-2-15-6-5-7-16(10-15)27-24(34)19-11-25(14-31)12-20(25)30(19)21(32)13-29-18-9-4-3-8-17(18)22(28-29)23(26)33/h3-4,8-9,15-16,19-20,31H,2,5-7,10-14H2,1H3,(H2,26,33)(H,27,34)/t15-,16+,19+,20-,25+/m1/s1. The van der Waals surface area contributed by atoms with Crippen molar-refractivity contribution in [2.45, 2.75) is 76.5 Å². The van der Waals surface area contributed by atoms with Gasteiger partial charge >= 0.3 is 0 Å². The number of nitrogens with one attached hydrogen (secondary N) is 1. The molecule has 4 N–H and O–H groups in total. The molecule has 2 aromatic rings. The molecule has 9 nitrogen and oxygen atoms in total. The van der Waals surface area contributed by atoms with Crippen LogP contribution < -0.4 is 11.1 Å². The van der Waals surface area contributed by atoms with Gasteiger partial charge in [0.15, 0.2) is 5.69 Å². The SMILES string of the molecule is CC[C@@H]1CCC[C@H](NC(=O)[C@@H]2C[C@@]3(CO)C[C@H]3N2C(=O)Cn2nc(C(N)=O)c3ccccc32)C1. The number of carbonyl (C=O) groups is 3. The molecule has 2 aliphatic carbocycles. The van der Waals surface area contributed by atoms with Crippen LogP contribution in [0.3, 0.4) is 0 Å². The lowest BCUT2D eigenvalue weighted by Gasteiger charge is -2.32. The van der Waals surface area contributed by atoms with Gasteiger partial charge in [0.05, 0.1) is 12.1 Å². The molecule has 5 rings (SSSR count). The number of aliphatic hydroxyl groups excluding tert-OH is 1. The van der Waals surface area contributed by atoms with E-state index in [4.69, 9.17) is 5.73 Å². The van der Waals surface area contributed by atoms with Crippen LogP contribution in [-0.2, 0) is 16.1 Å². The molecule has 3 fully saturated rings. The molecule has 5 atom stereocenters. The molecule has 0 unspecified atom stereocenters. The number of hydrogen-bond acceptors (Lipinski definition) is 5. The lowest BCUT2D eigenvalue weighted by molar-refractivity contribution is -0.140. The number of primary amides is 1. The van der Waals surface area contributed by atoms with E-state index < -0.39 is 11.9 Å². The number of likely N-dealkylation sites (tertiary alicyclic amines) is 1. The summed E-state index contributed by atoms with van der Waals surface area (Å²) in [6, 6.07) is 6.54. The first-order valence-corrected chi connectivity index (χ1v) is 12.3. The molecule has 182 valence electrons. The number of fused-ring (bicyclic) bond motifs is 2. The summed E-state index contributed by atoms with van der Waals surface area (Å²) in [6.45, 7) is 2.05. The predicted octanol–water partition coefficient (Wildman–Crippen LogP) is 1.57. The van der Waals surface area contributed by atoms with Gasteiger partial charge in [0, 0.05) is 22.9 Å². The molecule has 2 heterocycles. The first-order chi connectivity index (χ1) is 16.4. The lowest BCUT2D eigenvalue weighted by Crippen LogP contribution is -2.51. The van der Waals surface area contributed by atoms with Crippen molar-refractivity contribution in [3.63, 3.8) is 0 Å². The molecule has 1 aromatic carbocycles. The average molecular weight is 468 g/mol. The number of amides is 3. The average Bonchev–Trinajstić information content (AvgIpc) is 3.26. The number of para-hydroxylation sites is 1. The summed E-state index contributed by atoms with van der Waals surface area (Å²) in [4.78, 5) is 40.4. The number of rotatable bonds is 7. The fourth-order valence-electron chi connectivity index (χ4n) is 6.17. The Morgan fingerprint density at radius 2 is 2.03 bits per heavy atom. The van der Waals surface area contributed by atoms with Gasteiger partial charge in [0.25, 0.3) is 5.91 Å². The molecule has 1 saturated heterocycles. The van der Waals surface area contributed by atoms with Gasteiger partial charge in [-0.2, -0.15) is 5.10 Å². The van der Waals surface area contributed by atoms with Gasteiger partial charge in [-0.05, 0) is 37.7 Å². The van der Waals surface area contributed by atoms with Crippen LogP contribution in [0, 0.1) is 11.3 Å². The number of nitrogens with two attached hydrogens (primary N) is 1. The van der Waals surface area contributed by atoms with E-state index in [-0.39, 0.29) is 48.2 Å². The van der Waals surface area contributed by atoms with E-state index in [1.807, 2.05) is 6.07 Å². The summed E-state index contributed by atoms with van der Waals surface area (Å²) in [5.41, 5.74) is 5.87. The van der Waals surface area contributed by atoms with Crippen LogP contribution in [0.5, 0.6) is 0 Å². The van der Waals surface area contributed by atoms with Crippen molar-refractivity contribution >= 4 is 28.6 Å². The number of benzene rings is 1. The molecule has 1 aromatic heterocycles. The molecule has 1 aliphatic heterocycles. The Bertz CT molecular complexity index is 1130. The Hall–Kier alpha value is -2.94. The van der Waals surface area contributed by atoms with Crippen molar-refractivity contribution in [2.75, 3.05) is 6.61 Å². The maximum absolute atomic E-state index is 13.5. The highest BCUT2D eigenvalue weighted by molar-refractivity contribution is 6.04. The number of aromatic nitrogens is 2. The zero-order valence-electron chi connectivity index (χ0n) is 19.6. The number of piperidine rings is 1. The monoisotopic (exact) mass is 467 g/mol. The summed E-state index contributed by atoms with van der Waals surface area (Å²) in [6.07, 6.45) is 6.54. The van der Waals surface area contributed by atoms with Gasteiger partial charge in [-0.3, -0.25) is 19.1 Å². The zero-order chi connectivity index (χ0) is 24.0. The van der Waals surface area contributed by atoms with Gasteiger partial charge < -0.3 is 21.1 Å². The minimum atomic E-state index is -0.653. The molecule has 34 heavy (non-hydrogen) atoms. The van der Waals surface area contributed by atoms with Gasteiger partial charge in [0.2, 0.25) is 11.8 Å². The molecule has 9 heteroatoms. The summed E-state index contributed by atoms with van der Waals surface area (Å²) in [7, 11) is 0. The second-order valence-corrected chi connectivity index (χ2v) is 10.3. The largest absolute Gasteiger partial charge is 0.396 e. The van der Waals surface area contributed by atoms with Crippen LogP contribution in [0.25, 0.3) is 10.9 Å². The van der Waals surface area contributed by atoms with Gasteiger partial charge in [-0.1, -0.05) is 44.4 Å². The molecular weight excluding hydrogens is 434 g/mol. The van der Waals surface area contributed by atoms with Gasteiger partial charge in [-0.25, -0.2) is 0 Å². The zero-order valence-corrected chi connectivity index (χ0v) is 19.6. The first kappa shape index (κ1) is 22.8. The Morgan fingerprint density at radius 3 is 2.76 bits per heavy atom. The minimum Gasteiger partial charge on any atom is -0.396 e. The van der Waals surface area contributed by atoms with Crippen LogP contribution >= 0.6 is 0 Å². The fraction of sp³-hybridized carbons (Fsp3) is 0.600. The Balaban J connectivity index is 1.36. The Kier molecular flexibility index (Phi) is 5.83. The van der Waals surface area contributed by atoms with Crippen molar-refractivity contribution < 1.29 is 19.5 Å². The summed E-state index contributed by atoms with van der Waals surface area (Å²) < 4.78 is 1.49. The lowest BCUT2D eigenvalue weighted by atomic mass is 9.84. The first-order valence-electron chi connectivity index (χ1n) is 12.3. The number of nitrogens with zero attached hydrogens (tertiary/aromatic N) is 3. The van der Waals surface area contributed by atoms with Crippen molar-refractivity contribution in [1.82, 2.24) is 20.0 Å². The molecule has 0 bridgehead atoms. The molecule has 0 radical (unpaired) electrons. The van der Waals surface area contributed by atoms with Crippen LogP contribution in [-0.4, -0.2) is 62.2 Å². The van der Waals surface area contributed by atoms with Gasteiger partial charge in [0.1, 0.15) is 12.6 Å². The molecule has 0 spiro atoms. The van der Waals surface area contributed by atoms with E-state index in [1.54, 1.807) is 23.1 Å². The third-order valence-electron chi connectivity index (χ3n) is 8.21. The number of carbonyl (C=O) groups excluding carboxylic acids is 3. The van der Waals surface area contributed by atoms with E-state index in [0.29, 0.717) is 29.7 Å². The summed E-state index contributed by atoms with van der Waals surface area (Å²) >= 11 is 0. The van der Waals surface area contributed by atoms with Crippen molar-refractivity contribution in [3.8, 4) is 0 Å². The highest BCUT2D eigenvalue weighted by Gasteiger charge is 2.66. The van der Waals surface area contributed by atoms with Crippen LogP contribution in [0.1, 0.15) is 62.4 Å². The maximum Gasteiger partial charge on any atom is 0.269 e. The van der Waals surface area contributed by atoms with E-state index >= 15 is 0 Å². The van der Waals surface area contributed by atoms with E-state index in [0.717, 1.165) is 25.7 Å². The highest BCUT2D eigenvalue weighted by Crippen LogP contribution is 2.59. The smallest absolute Gasteiger partial charge is 0.269 e. The van der Waals surface area contributed by atoms with Crippen molar-refractivity contribution in [1.29, 1.82) is 0 Å². The van der Waals surface area contributed by atoms with Crippen LogP contribution in [0.2, 0.25) is 0 Å². The topological polar surface area (TPSA) is 131 Å². The maximum atomic E-state index is 13.5. The molecular formula is C25H33N5O4. The van der Waals surface area contributed by atoms with Crippen molar-refractivity contribution in [2.24, 2.45) is 17.1 Å². The van der Waals surface area contributed by atoms with E-state index in [2.05, 4.69) is 17.3 Å². The number of hydrogen-bond donors (Lipinski definition) is 3. The summed E-state index contributed by atoms with van der Waals surface area (Å²) in [5.74, 6) is -0.388. The van der Waals surface area contributed by atoms with Crippen LogP contribution in [0.15, 0.2) is 24.3 Å². The predicted molar refractivity (Wildman–Crippen MR) is 126 cm³/mol. The quantitative estimate of drug-likeness (QED) is 0.569. The van der Waals surface area contributed by atoms with Crippen molar-refractivity contribution in [3.05, 3.63) is 30.0 Å². The highest BCUT2D eigenvalue weighted by atomic mass is 16.3. The second kappa shape index (κ2) is 8.69. The Morgan fingerprint density at radius 1 is 1.24 bits per heavy atom. The second-order valence-electron chi connectivity index (χ2n) is 10.3. The molecule has 3 aliphatic rings. The third-order valence-corrected chi connectivity index (χ3v) is 8.21.